The molecule has 0 saturated heterocycles. The lowest BCUT2D eigenvalue weighted by atomic mass is 10.0. The van der Waals surface area contributed by atoms with Crippen LogP contribution < -0.4 is 0 Å². The lowest BCUT2D eigenvalue weighted by molar-refractivity contribution is 0.169. The van der Waals surface area contributed by atoms with Crippen LogP contribution in [0.3, 0.4) is 0 Å². The molecular weight excluding hydrogens is 248 g/mol. The van der Waals surface area contributed by atoms with Gasteiger partial charge in [-0.2, -0.15) is 4.80 Å². The highest BCUT2D eigenvalue weighted by Crippen LogP contribution is 2.38. The van der Waals surface area contributed by atoms with Gasteiger partial charge in [0.1, 0.15) is 0 Å². The summed E-state index contributed by atoms with van der Waals surface area (Å²) in [6.45, 7) is 0. The van der Waals surface area contributed by atoms with Crippen molar-refractivity contribution in [2.45, 2.75) is 29.1 Å². The molecule has 18 heavy (non-hydrogen) atoms. The summed E-state index contributed by atoms with van der Waals surface area (Å²) < 4.78 is 0. The number of aliphatic hydroxyl groups excluding tert-OH is 1. The molecule has 1 aliphatic heterocycles. The zero-order valence-corrected chi connectivity index (χ0v) is 10.8. The number of tetrazole rings is 1. The van der Waals surface area contributed by atoms with Crippen LogP contribution in [0.15, 0.2) is 29.2 Å². The van der Waals surface area contributed by atoms with Crippen molar-refractivity contribution in [2.75, 3.05) is 0 Å². The van der Waals surface area contributed by atoms with E-state index in [1.165, 1.54) is 15.3 Å². The minimum absolute atomic E-state index is 0.186. The Hall–Kier alpha value is -1.40. The molecule has 2 heterocycles. The second kappa shape index (κ2) is 4.70. The highest BCUT2D eigenvalue weighted by atomic mass is 32.2. The molecule has 1 aromatic carbocycles. The first-order valence-corrected chi connectivity index (χ1v) is 6.76. The van der Waals surface area contributed by atoms with Crippen molar-refractivity contribution in [3.63, 3.8) is 0 Å². The highest BCUT2D eigenvalue weighted by molar-refractivity contribution is 8.00. The number of aryl methyl sites for hydroxylation is 1. The molecule has 1 aliphatic rings. The highest BCUT2D eigenvalue weighted by Gasteiger charge is 2.29. The predicted molar refractivity (Wildman–Crippen MR) is 68.3 cm³/mol. The van der Waals surface area contributed by atoms with Gasteiger partial charge in [0.05, 0.1) is 13.2 Å². The van der Waals surface area contributed by atoms with Gasteiger partial charge in [0.25, 0.3) is 0 Å². The summed E-state index contributed by atoms with van der Waals surface area (Å²) in [5.74, 6) is 0.599. The maximum atomic E-state index is 10.2. The second-order valence-corrected chi connectivity index (χ2v) is 5.72. The number of hydrogen-bond donors (Lipinski definition) is 1. The average molecular weight is 262 g/mol. The van der Waals surface area contributed by atoms with Gasteiger partial charge in [-0.05, 0) is 23.3 Å². The molecule has 2 aromatic rings. The van der Waals surface area contributed by atoms with Gasteiger partial charge in [-0.3, -0.25) is 0 Å². The van der Waals surface area contributed by atoms with E-state index >= 15 is 0 Å². The topological polar surface area (TPSA) is 63.8 Å². The largest absolute Gasteiger partial charge is 0.391 e. The molecule has 1 aromatic heterocycles. The number of hydrogen-bond acceptors (Lipinski definition) is 5. The Morgan fingerprint density at radius 3 is 3.06 bits per heavy atom. The van der Waals surface area contributed by atoms with E-state index in [1.54, 1.807) is 18.8 Å². The van der Waals surface area contributed by atoms with Crippen molar-refractivity contribution in [3.05, 3.63) is 35.7 Å². The lowest BCUT2D eigenvalue weighted by Gasteiger charge is -2.14. The lowest BCUT2D eigenvalue weighted by Crippen LogP contribution is -2.25. The Morgan fingerprint density at radius 2 is 2.33 bits per heavy atom. The maximum Gasteiger partial charge on any atom is 0.177 e. The fourth-order valence-electron chi connectivity index (χ4n) is 2.15. The van der Waals surface area contributed by atoms with Crippen molar-refractivity contribution in [2.24, 2.45) is 7.05 Å². The molecule has 2 atom stereocenters. The molecule has 0 radical (unpaired) electrons. The van der Waals surface area contributed by atoms with E-state index in [-0.39, 0.29) is 5.25 Å². The molecule has 0 fully saturated rings. The molecule has 5 nitrogen and oxygen atoms in total. The van der Waals surface area contributed by atoms with E-state index in [1.807, 2.05) is 12.1 Å². The monoisotopic (exact) mass is 262 g/mol. The zero-order valence-electron chi connectivity index (χ0n) is 10.0. The van der Waals surface area contributed by atoms with Crippen LogP contribution >= 0.6 is 11.8 Å². The van der Waals surface area contributed by atoms with Crippen molar-refractivity contribution < 1.29 is 5.11 Å². The minimum Gasteiger partial charge on any atom is -0.391 e. The van der Waals surface area contributed by atoms with Crippen LogP contribution in [0, 0.1) is 0 Å². The Bertz CT molecular complexity index is 532. The van der Waals surface area contributed by atoms with Gasteiger partial charge in [-0.25, -0.2) is 0 Å². The second-order valence-electron chi connectivity index (χ2n) is 4.43. The molecule has 0 aliphatic carbocycles. The van der Waals surface area contributed by atoms with E-state index in [4.69, 9.17) is 0 Å². The molecule has 0 spiro atoms. The first kappa shape index (κ1) is 11.7. The van der Waals surface area contributed by atoms with E-state index in [2.05, 4.69) is 27.5 Å². The van der Waals surface area contributed by atoms with Gasteiger partial charge in [0.15, 0.2) is 5.82 Å². The normalized spacial score (nSPS) is 19.8. The van der Waals surface area contributed by atoms with Crippen LogP contribution in [-0.4, -0.2) is 36.7 Å². The molecule has 3 rings (SSSR count). The van der Waals surface area contributed by atoms with Gasteiger partial charge < -0.3 is 5.11 Å². The Kier molecular flexibility index (Phi) is 3.05. The standard InChI is InChI=1S/C12H14N4OS/c1-16-14-12(13-15-16)7-9(17)11-6-8-4-2-3-5-10(8)18-11/h2-5,9,11,17H,6-7H2,1H3. The van der Waals surface area contributed by atoms with E-state index < -0.39 is 6.10 Å². The molecule has 1 N–H and O–H groups in total. The average Bonchev–Trinajstić information content (AvgIpc) is 2.95. The third-order valence-corrected chi connectivity index (χ3v) is 4.48. The zero-order chi connectivity index (χ0) is 12.5. The van der Waals surface area contributed by atoms with E-state index in [9.17, 15) is 5.11 Å². The van der Waals surface area contributed by atoms with Crippen molar-refractivity contribution in [1.82, 2.24) is 20.2 Å². The molecule has 0 amide bonds. The van der Waals surface area contributed by atoms with Gasteiger partial charge in [0.2, 0.25) is 0 Å². The SMILES string of the molecule is Cn1nnc(CC(O)C2Cc3ccccc3S2)n1. The third-order valence-electron chi connectivity index (χ3n) is 3.04. The number of fused-ring (bicyclic) bond motifs is 1. The van der Waals surface area contributed by atoms with E-state index in [0.29, 0.717) is 12.2 Å². The van der Waals surface area contributed by atoms with E-state index in [0.717, 1.165) is 6.42 Å². The van der Waals surface area contributed by atoms with Crippen LogP contribution in [0.4, 0.5) is 0 Å². The summed E-state index contributed by atoms with van der Waals surface area (Å²) in [5, 5.41) is 22.2. The molecular formula is C12H14N4OS. The number of thioether (sulfide) groups is 1. The van der Waals surface area contributed by atoms with Crippen LogP contribution in [0.2, 0.25) is 0 Å². The van der Waals surface area contributed by atoms with Crippen LogP contribution in [0.5, 0.6) is 0 Å². The number of aromatic nitrogens is 4. The molecule has 0 saturated carbocycles. The molecule has 6 heteroatoms. The molecule has 94 valence electrons. The Balaban J connectivity index is 1.67. The van der Waals surface area contributed by atoms with Crippen LogP contribution in [0.25, 0.3) is 0 Å². The van der Waals surface area contributed by atoms with Crippen molar-refractivity contribution in [3.8, 4) is 0 Å². The van der Waals surface area contributed by atoms with Gasteiger partial charge in [-0.15, -0.1) is 22.0 Å². The van der Waals surface area contributed by atoms with Gasteiger partial charge >= 0.3 is 0 Å². The van der Waals surface area contributed by atoms with Crippen LogP contribution in [0.1, 0.15) is 11.4 Å². The fourth-order valence-corrected chi connectivity index (χ4v) is 3.45. The minimum atomic E-state index is -0.438. The van der Waals surface area contributed by atoms with Crippen LogP contribution in [-0.2, 0) is 19.9 Å². The van der Waals surface area contributed by atoms with Crippen molar-refractivity contribution in [1.29, 1.82) is 0 Å². The summed E-state index contributed by atoms with van der Waals surface area (Å²) >= 11 is 1.74. The van der Waals surface area contributed by atoms with Gasteiger partial charge in [0, 0.05) is 16.6 Å². The van der Waals surface area contributed by atoms with Crippen molar-refractivity contribution >= 4 is 11.8 Å². The molecule has 2 unspecified atom stereocenters. The Labute approximate surface area is 109 Å². The number of benzene rings is 1. The third kappa shape index (κ3) is 2.26. The predicted octanol–water partition coefficient (Wildman–Crippen LogP) is 0.830. The molecule has 0 bridgehead atoms. The summed E-state index contributed by atoms with van der Waals surface area (Å²) in [4.78, 5) is 2.69. The quantitative estimate of drug-likeness (QED) is 0.887. The number of rotatable bonds is 3. The summed E-state index contributed by atoms with van der Waals surface area (Å²) in [6, 6.07) is 8.30. The first-order valence-electron chi connectivity index (χ1n) is 5.88. The summed E-state index contributed by atoms with van der Waals surface area (Å²) in [6.07, 6.45) is 0.925. The summed E-state index contributed by atoms with van der Waals surface area (Å²) in [7, 11) is 1.73. The first-order chi connectivity index (χ1) is 8.72. The van der Waals surface area contributed by atoms with Gasteiger partial charge in [-0.1, -0.05) is 18.2 Å². The smallest absolute Gasteiger partial charge is 0.177 e. The fraction of sp³-hybridized carbons (Fsp3) is 0.417. The maximum absolute atomic E-state index is 10.2. The number of nitrogens with zero attached hydrogens (tertiary/aromatic N) is 4. The summed E-state index contributed by atoms with van der Waals surface area (Å²) in [5.41, 5.74) is 1.32. The number of aliphatic hydroxyl groups is 1. The Morgan fingerprint density at radius 1 is 1.50 bits per heavy atom.